The van der Waals surface area contributed by atoms with Crippen LogP contribution in [0.25, 0.3) is 0 Å². The number of nitrogen functional groups attached to an aromatic ring is 1. The van der Waals surface area contributed by atoms with E-state index in [0.29, 0.717) is 18.5 Å². The van der Waals surface area contributed by atoms with Crippen LogP contribution in [-0.2, 0) is 17.5 Å². The van der Waals surface area contributed by atoms with Crippen LogP contribution in [0.4, 0.5) is 18.9 Å². The zero-order valence-electron chi connectivity index (χ0n) is 15.5. The number of nitrogens with one attached hydrogen (secondary N) is 1. The molecule has 1 aromatic carbocycles. The Labute approximate surface area is 160 Å². The highest BCUT2D eigenvalue weighted by Crippen LogP contribution is 2.30. The number of aromatic nitrogens is 2. The highest BCUT2D eigenvalue weighted by molar-refractivity contribution is 5.92. The summed E-state index contributed by atoms with van der Waals surface area (Å²) in [6, 6.07) is 7.77. The van der Waals surface area contributed by atoms with Crippen LogP contribution in [0, 0.1) is 0 Å². The summed E-state index contributed by atoms with van der Waals surface area (Å²) in [5, 5.41) is 5.51. The van der Waals surface area contributed by atoms with Gasteiger partial charge in [-0.15, -0.1) is 0 Å². The molecule has 0 spiro atoms. The molecule has 3 rings (SSSR count). The van der Waals surface area contributed by atoms with E-state index in [4.69, 9.17) is 10.5 Å². The Bertz CT molecular complexity index is 814. The Kier molecular flexibility index (Phi) is 5.93. The van der Waals surface area contributed by atoms with Crippen molar-refractivity contribution >= 4 is 11.6 Å². The van der Waals surface area contributed by atoms with Gasteiger partial charge in [-0.3, -0.25) is 9.89 Å². The number of aromatic amines is 1. The third-order valence-corrected chi connectivity index (χ3v) is 5.09. The van der Waals surface area contributed by atoms with Gasteiger partial charge in [0.1, 0.15) is 5.69 Å². The molecule has 0 atom stereocenters. The molecule has 1 aromatic heterocycles. The molecule has 28 heavy (non-hydrogen) atoms. The number of ether oxygens (including phenoxy) is 1. The molecule has 1 heterocycles. The molecule has 1 aliphatic rings. The topological polar surface area (TPSA) is 84.2 Å². The Morgan fingerprint density at radius 2 is 2.00 bits per heavy atom. The van der Waals surface area contributed by atoms with Gasteiger partial charge >= 0.3 is 6.18 Å². The number of rotatable bonds is 5. The first-order valence-corrected chi connectivity index (χ1v) is 9.08. The molecule has 1 saturated carbocycles. The van der Waals surface area contributed by atoms with Crippen LogP contribution in [0.5, 0.6) is 0 Å². The average molecular weight is 396 g/mol. The summed E-state index contributed by atoms with van der Waals surface area (Å²) in [6.07, 6.45) is -1.44. The van der Waals surface area contributed by atoms with E-state index in [9.17, 15) is 18.0 Å². The number of alkyl halides is 3. The molecule has 1 amide bonds. The summed E-state index contributed by atoms with van der Waals surface area (Å²) in [5.41, 5.74) is 5.92. The fraction of sp³-hybridized carbons (Fsp3) is 0.474. The summed E-state index contributed by atoms with van der Waals surface area (Å²) in [5.74, 6) is -0.532. The first-order chi connectivity index (χ1) is 13.3. The van der Waals surface area contributed by atoms with E-state index in [1.807, 2.05) is 11.2 Å². The van der Waals surface area contributed by atoms with E-state index in [2.05, 4.69) is 5.10 Å². The summed E-state index contributed by atoms with van der Waals surface area (Å²) in [6.45, 7) is 0.250. The van der Waals surface area contributed by atoms with Gasteiger partial charge in [-0.1, -0.05) is 12.1 Å². The maximum atomic E-state index is 13.0. The molecule has 152 valence electrons. The van der Waals surface area contributed by atoms with Gasteiger partial charge in [0.05, 0.1) is 6.10 Å². The lowest BCUT2D eigenvalue weighted by molar-refractivity contribution is -0.141. The lowest BCUT2D eigenvalue weighted by Crippen LogP contribution is -2.43. The number of hydrogen-bond donors (Lipinski definition) is 2. The van der Waals surface area contributed by atoms with Crippen LogP contribution in [0.2, 0.25) is 0 Å². The highest BCUT2D eigenvalue weighted by atomic mass is 19.4. The smallest absolute Gasteiger partial charge is 0.399 e. The second-order valence-corrected chi connectivity index (χ2v) is 7.01. The molecule has 3 N–H and O–H groups in total. The van der Waals surface area contributed by atoms with E-state index in [0.717, 1.165) is 24.5 Å². The van der Waals surface area contributed by atoms with Crippen molar-refractivity contribution in [3.05, 3.63) is 47.3 Å². The molecular weight excluding hydrogens is 373 g/mol. The van der Waals surface area contributed by atoms with Crippen molar-refractivity contribution in [3.8, 4) is 0 Å². The van der Waals surface area contributed by atoms with Gasteiger partial charge in [0, 0.05) is 31.5 Å². The molecule has 6 nitrogen and oxygen atoms in total. The number of H-pyrrole nitrogens is 1. The number of carbonyl (C=O) groups excluding carboxylic acids is 1. The monoisotopic (exact) mass is 396 g/mol. The fourth-order valence-corrected chi connectivity index (χ4v) is 3.57. The molecule has 2 aromatic rings. The van der Waals surface area contributed by atoms with Gasteiger partial charge < -0.3 is 15.4 Å². The predicted octanol–water partition coefficient (Wildman–Crippen LogP) is 3.61. The van der Waals surface area contributed by atoms with Gasteiger partial charge in [0.15, 0.2) is 5.69 Å². The maximum Gasteiger partial charge on any atom is 0.432 e. The van der Waals surface area contributed by atoms with E-state index >= 15 is 0 Å². The molecule has 0 radical (unpaired) electrons. The van der Waals surface area contributed by atoms with Crippen molar-refractivity contribution in [3.63, 3.8) is 0 Å². The second-order valence-electron chi connectivity index (χ2n) is 7.01. The number of amides is 1. The number of benzene rings is 1. The standard InChI is InChI=1S/C19H23F3N4O2/c1-28-15-7-5-14(6-8-15)26(11-12-3-2-4-13(23)9-12)18(27)16-10-17(25-24-16)19(20,21)22/h2-4,9-10,14-15H,5-8,11,23H2,1H3,(H,24,25). The van der Waals surface area contributed by atoms with Gasteiger partial charge in [-0.2, -0.15) is 18.3 Å². The van der Waals surface area contributed by atoms with Crippen molar-refractivity contribution in [2.75, 3.05) is 12.8 Å². The van der Waals surface area contributed by atoms with Crippen molar-refractivity contribution in [1.29, 1.82) is 0 Å². The quantitative estimate of drug-likeness (QED) is 0.757. The molecule has 0 bridgehead atoms. The Hall–Kier alpha value is -2.55. The first kappa shape index (κ1) is 20.2. The normalized spacial score (nSPS) is 20.1. The molecule has 0 saturated heterocycles. The minimum Gasteiger partial charge on any atom is -0.399 e. The number of carbonyl (C=O) groups is 1. The van der Waals surface area contributed by atoms with E-state index in [-0.39, 0.29) is 24.4 Å². The van der Waals surface area contributed by atoms with Crippen LogP contribution in [0.1, 0.15) is 47.4 Å². The maximum absolute atomic E-state index is 13.0. The van der Waals surface area contributed by atoms with Gasteiger partial charge in [-0.25, -0.2) is 0 Å². The minimum atomic E-state index is -4.58. The Balaban J connectivity index is 1.84. The SMILES string of the molecule is COC1CCC(N(Cc2cccc(N)c2)C(=O)c2cc(C(F)(F)F)[nH]n2)CC1. The fourth-order valence-electron chi connectivity index (χ4n) is 3.57. The third kappa shape index (κ3) is 4.64. The van der Waals surface area contributed by atoms with Gasteiger partial charge in [-0.05, 0) is 43.4 Å². The van der Waals surface area contributed by atoms with E-state index < -0.39 is 17.8 Å². The Morgan fingerprint density at radius 1 is 1.29 bits per heavy atom. The average Bonchev–Trinajstić information content (AvgIpc) is 3.16. The van der Waals surface area contributed by atoms with Crippen LogP contribution in [0.15, 0.2) is 30.3 Å². The van der Waals surface area contributed by atoms with Crippen molar-refractivity contribution in [1.82, 2.24) is 15.1 Å². The number of methoxy groups -OCH3 is 1. The zero-order chi connectivity index (χ0) is 20.3. The summed E-state index contributed by atoms with van der Waals surface area (Å²) in [7, 11) is 1.66. The highest BCUT2D eigenvalue weighted by Gasteiger charge is 2.36. The van der Waals surface area contributed by atoms with Crippen LogP contribution in [0.3, 0.4) is 0 Å². The molecule has 9 heteroatoms. The molecule has 1 fully saturated rings. The molecular formula is C19H23F3N4O2. The summed E-state index contributed by atoms with van der Waals surface area (Å²) in [4.78, 5) is 14.6. The van der Waals surface area contributed by atoms with Gasteiger partial charge in [0.2, 0.25) is 0 Å². The predicted molar refractivity (Wildman–Crippen MR) is 97.4 cm³/mol. The van der Waals surface area contributed by atoms with E-state index in [1.54, 1.807) is 30.2 Å². The molecule has 1 aliphatic carbocycles. The van der Waals surface area contributed by atoms with Crippen molar-refractivity contribution < 1.29 is 22.7 Å². The minimum absolute atomic E-state index is 0.105. The number of halogens is 3. The number of nitrogens with zero attached hydrogens (tertiary/aromatic N) is 2. The van der Waals surface area contributed by atoms with E-state index in [1.165, 1.54) is 0 Å². The van der Waals surface area contributed by atoms with Crippen molar-refractivity contribution in [2.24, 2.45) is 0 Å². The number of nitrogens with two attached hydrogens (primary N) is 1. The number of hydrogen-bond acceptors (Lipinski definition) is 4. The number of anilines is 1. The molecule has 0 aliphatic heterocycles. The Morgan fingerprint density at radius 3 is 2.57 bits per heavy atom. The first-order valence-electron chi connectivity index (χ1n) is 9.08. The molecule has 0 unspecified atom stereocenters. The largest absolute Gasteiger partial charge is 0.432 e. The summed E-state index contributed by atoms with van der Waals surface area (Å²) < 4.78 is 44.0. The second kappa shape index (κ2) is 8.22. The van der Waals surface area contributed by atoms with Gasteiger partial charge in [0.25, 0.3) is 5.91 Å². The lowest BCUT2D eigenvalue weighted by atomic mass is 9.91. The third-order valence-electron chi connectivity index (χ3n) is 5.09. The van der Waals surface area contributed by atoms with Crippen molar-refractivity contribution in [2.45, 2.75) is 50.6 Å². The zero-order valence-corrected chi connectivity index (χ0v) is 15.5. The van der Waals surface area contributed by atoms with Crippen LogP contribution < -0.4 is 5.73 Å². The van der Waals surface area contributed by atoms with Crippen LogP contribution >= 0.6 is 0 Å². The lowest BCUT2D eigenvalue weighted by Gasteiger charge is -2.36. The summed E-state index contributed by atoms with van der Waals surface area (Å²) >= 11 is 0. The van der Waals surface area contributed by atoms with Crippen LogP contribution in [-0.4, -0.2) is 40.3 Å².